The van der Waals surface area contributed by atoms with E-state index in [9.17, 15) is 9.18 Å². The summed E-state index contributed by atoms with van der Waals surface area (Å²) < 4.78 is 19.4. The molecule has 0 spiro atoms. The number of nitrogens with zero attached hydrogens (tertiary/aromatic N) is 3. The number of hydrogen-bond donors (Lipinski definition) is 0. The van der Waals surface area contributed by atoms with Crippen molar-refractivity contribution in [3.8, 4) is 16.3 Å². The van der Waals surface area contributed by atoms with Crippen LogP contribution in [0.4, 0.5) is 4.39 Å². The lowest BCUT2D eigenvalue weighted by Gasteiger charge is -2.32. The fourth-order valence-electron chi connectivity index (χ4n) is 3.52. The molecule has 1 unspecified atom stereocenters. The van der Waals surface area contributed by atoms with Gasteiger partial charge in [0.2, 0.25) is 0 Å². The Morgan fingerprint density at radius 1 is 1.28 bits per heavy atom. The Labute approximate surface area is 177 Å². The topological polar surface area (TPSA) is 55.3 Å². The van der Waals surface area contributed by atoms with Crippen LogP contribution in [0.1, 0.15) is 34.1 Å². The maximum Gasteiger partial charge on any atom is 0.257 e. The van der Waals surface area contributed by atoms with Crippen LogP contribution in [0.25, 0.3) is 10.6 Å². The summed E-state index contributed by atoms with van der Waals surface area (Å²) in [6.45, 7) is 1.18. The monoisotopic (exact) mass is 431 g/mol. The zero-order chi connectivity index (χ0) is 20.4. The van der Waals surface area contributed by atoms with Crippen LogP contribution in [-0.2, 0) is 0 Å². The first-order valence-corrected chi connectivity index (χ1v) is 10.5. The van der Waals surface area contributed by atoms with Crippen molar-refractivity contribution >= 4 is 28.8 Å². The smallest absolute Gasteiger partial charge is 0.257 e. The molecule has 1 amide bonds. The second-order valence-corrected chi connectivity index (χ2v) is 8.31. The van der Waals surface area contributed by atoms with Crippen LogP contribution in [0.5, 0.6) is 5.75 Å². The highest BCUT2D eigenvalue weighted by Crippen LogP contribution is 2.34. The van der Waals surface area contributed by atoms with Gasteiger partial charge in [-0.25, -0.2) is 4.39 Å². The number of carbonyl (C=O) groups is 1. The molecule has 1 aliphatic heterocycles. The molecule has 5 nitrogen and oxygen atoms in total. The van der Waals surface area contributed by atoms with Crippen molar-refractivity contribution in [1.82, 2.24) is 15.1 Å². The van der Waals surface area contributed by atoms with Crippen LogP contribution in [-0.4, -0.2) is 41.2 Å². The minimum atomic E-state index is -0.316. The van der Waals surface area contributed by atoms with E-state index in [0.29, 0.717) is 40.0 Å². The average Bonchev–Trinajstić information content (AvgIpc) is 3.23. The van der Waals surface area contributed by atoms with E-state index in [-0.39, 0.29) is 17.6 Å². The number of benzene rings is 2. The van der Waals surface area contributed by atoms with Crippen molar-refractivity contribution in [1.29, 1.82) is 0 Å². The molecule has 1 aromatic heterocycles. The molecule has 0 aliphatic carbocycles. The normalized spacial score (nSPS) is 16.7. The molecule has 4 rings (SSSR count). The number of likely N-dealkylation sites (tertiary alicyclic amines) is 1. The number of halogens is 2. The van der Waals surface area contributed by atoms with Crippen LogP contribution in [0, 0.1) is 5.82 Å². The third-order valence-electron chi connectivity index (χ3n) is 4.99. The maximum absolute atomic E-state index is 14.0. The van der Waals surface area contributed by atoms with Gasteiger partial charge in [-0.3, -0.25) is 4.79 Å². The lowest BCUT2D eigenvalue weighted by atomic mass is 9.98. The molecule has 0 bridgehead atoms. The highest BCUT2D eigenvalue weighted by molar-refractivity contribution is 7.14. The van der Waals surface area contributed by atoms with Crippen molar-refractivity contribution < 1.29 is 13.9 Å². The molecular formula is C21H19ClFN3O2S. The summed E-state index contributed by atoms with van der Waals surface area (Å²) in [6.07, 6.45) is 1.76. The summed E-state index contributed by atoms with van der Waals surface area (Å²) in [4.78, 5) is 14.9. The SMILES string of the molecule is COc1ccc(Cl)cc1C(=O)N1CCCC(c2nnc(-c3ccccc3F)s2)C1. The Hall–Kier alpha value is -2.51. The molecule has 0 N–H and O–H groups in total. The third-order valence-corrected chi connectivity index (χ3v) is 6.35. The maximum atomic E-state index is 14.0. The van der Waals surface area contributed by atoms with E-state index in [1.165, 1.54) is 24.5 Å². The number of methoxy groups -OCH3 is 1. The van der Waals surface area contributed by atoms with Crippen molar-refractivity contribution in [2.45, 2.75) is 18.8 Å². The molecule has 150 valence electrons. The minimum Gasteiger partial charge on any atom is -0.496 e. The number of amides is 1. The van der Waals surface area contributed by atoms with Crippen molar-refractivity contribution in [2.24, 2.45) is 0 Å². The lowest BCUT2D eigenvalue weighted by Crippen LogP contribution is -2.39. The number of piperidine rings is 1. The fraction of sp³-hybridized carbons (Fsp3) is 0.286. The number of hydrogen-bond acceptors (Lipinski definition) is 5. The molecule has 3 aromatic rings. The zero-order valence-corrected chi connectivity index (χ0v) is 17.3. The van der Waals surface area contributed by atoms with Crippen LogP contribution in [0.2, 0.25) is 5.02 Å². The second kappa shape index (κ2) is 8.47. The van der Waals surface area contributed by atoms with Crippen molar-refractivity contribution in [3.63, 3.8) is 0 Å². The van der Waals surface area contributed by atoms with Gasteiger partial charge in [0.25, 0.3) is 5.91 Å². The quantitative estimate of drug-likeness (QED) is 0.581. The van der Waals surface area contributed by atoms with Gasteiger partial charge in [0.1, 0.15) is 16.6 Å². The number of rotatable bonds is 4. The number of aromatic nitrogens is 2. The lowest BCUT2D eigenvalue weighted by molar-refractivity contribution is 0.0703. The van der Waals surface area contributed by atoms with Gasteiger partial charge in [-0.15, -0.1) is 10.2 Å². The average molecular weight is 432 g/mol. The molecule has 0 saturated carbocycles. The molecular weight excluding hydrogens is 413 g/mol. The summed E-state index contributed by atoms with van der Waals surface area (Å²) in [5, 5.41) is 10.3. The highest BCUT2D eigenvalue weighted by atomic mass is 35.5. The second-order valence-electron chi connectivity index (χ2n) is 6.86. The van der Waals surface area contributed by atoms with Gasteiger partial charge in [-0.2, -0.15) is 0 Å². The Bertz CT molecular complexity index is 1040. The standard InChI is InChI=1S/C21H19ClFN3O2S/c1-28-18-9-8-14(22)11-16(18)21(27)26-10-4-5-13(12-26)19-24-25-20(29-19)15-6-2-3-7-17(15)23/h2-3,6-9,11,13H,4-5,10,12H2,1H3. The number of carbonyl (C=O) groups excluding carboxylic acids is 1. The largest absolute Gasteiger partial charge is 0.496 e. The van der Waals surface area contributed by atoms with Crippen LogP contribution < -0.4 is 4.74 Å². The highest BCUT2D eigenvalue weighted by Gasteiger charge is 2.29. The van der Waals surface area contributed by atoms with Gasteiger partial charge in [-0.05, 0) is 43.2 Å². The van der Waals surface area contributed by atoms with Crippen LogP contribution in [0.3, 0.4) is 0 Å². The number of ether oxygens (including phenoxy) is 1. The molecule has 1 aliphatic rings. The Morgan fingerprint density at radius 2 is 2.10 bits per heavy atom. The van der Waals surface area contributed by atoms with Crippen molar-refractivity contribution in [2.75, 3.05) is 20.2 Å². The third kappa shape index (κ3) is 4.11. The Morgan fingerprint density at radius 3 is 2.90 bits per heavy atom. The van der Waals surface area contributed by atoms with Gasteiger partial charge in [0, 0.05) is 29.6 Å². The van der Waals surface area contributed by atoms with E-state index in [1.807, 2.05) is 0 Å². The summed E-state index contributed by atoms with van der Waals surface area (Å²) in [7, 11) is 1.53. The summed E-state index contributed by atoms with van der Waals surface area (Å²) >= 11 is 7.46. The molecule has 2 aromatic carbocycles. The zero-order valence-electron chi connectivity index (χ0n) is 15.8. The minimum absolute atomic E-state index is 0.0657. The van der Waals surface area contributed by atoms with E-state index < -0.39 is 0 Å². The first-order chi connectivity index (χ1) is 14.1. The predicted octanol–water partition coefficient (Wildman–Crippen LogP) is 5.03. The first kappa shape index (κ1) is 19.8. The van der Waals surface area contributed by atoms with E-state index in [4.69, 9.17) is 16.3 Å². The Balaban J connectivity index is 1.54. The fourth-order valence-corrected chi connectivity index (χ4v) is 4.69. The van der Waals surface area contributed by atoms with E-state index in [2.05, 4.69) is 10.2 Å². The Kier molecular flexibility index (Phi) is 5.78. The van der Waals surface area contributed by atoms with Gasteiger partial charge in [-0.1, -0.05) is 35.1 Å². The van der Waals surface area contributed by atoms with Gasteiger partial charge < -0.3 is 9.64 Å². The molecule has 8 heteroatoms. The van der Waals surface area contributed by atoms with Crippen LogP contribution in [0.15, 0.2) is 42.5 Å². The molecule has 1 fully saturated rings. The summed E-state index contributed by atoms with van der Waals surface area (Å²) in [5.74, 6) is 0.131. The molecule has 1 atom stereocenters. The molecule has 2 heterocycles. The molecule has 0 radical (unpaired) electrons. The van der Waals surface area contributed by atoms with E-state index in [1.54, 1.807) is 41.3 Å². The first-order valence-electron chi connectivity index (χ1n) is 9.28. The van der Waals surface area contributed by atoms with Crippen molar-refractivity contribution in [3.05, 3.63) is 63.9 Å². The van der Waals surface area contributed by atoms with Gasteiger partial charge >= 0.3 is 0 Å². The summed E-state index contributed by atoms with van der Waals surface area (Å²) in [5.41, 5.74) is 0.897. The summed E-state index contributed by atoms with van der Waals surface area (Å²) in [6, 6.07) is 11.6. The van der Waals surface area contributed by atoms with E-state index in [0.717, 1.165) is 17.8 Å². The van der Waals surface area contributed by atoms with Gasteiger partial charge in [0.15, 0.2) is 5.01 Å². The van der Waals surface area contributed by atoms with E-state index >= 15 is 0 Å². The molecule has 29 heavy (non-hydrogen) atoms. The predicted molar refractivity (Wildman–Crippen MR) is 111 cm³/mol. The van der Waals surface area contributed by atoms with Crippen LogP contribution >= 0.6 is 22.9 Å². The molecule has 1 saturated heterocycles. The van der Waals surface area contributed by atoms with Gasteiger partial charge in [0.05, 0.1) is 12.7 Å².